The summed E-state index contributed by atoms with van der Waals surface area (Å²) in [6.45, 7) is -1.05. The van der Waals surface area contributed by atoms with Gasteiger partial charge >= 0.3 is 11.9 Å². The second kappa shape index (κ2) is 9.96. The van der Waals surface area contributed by atoms with Crippen LogP contribution in [0.1, 0.15) is 12.8 Å². The predicted octanol–water partition coefficient (Wildman–Crippen LogP) is -1.55. The molecule has 0 saturated carbocycles. The number of carboxylic acids is 2. The van der Waals surface area contributed by atoms with Crippen LogP contribution in [0.3, 0.4) is 0 Å². The van der Waals surface area contributed by atoms with Crippen molar-refractivity contribution in [3.05, 3.63) is 0 Å². The summed E-state index contributed by atoms with van der Waals surface area (Å²) in [5.41, 5.74) is 0. The van der Waals surface area contributed by atoms with Gasteiger partial charge in [0.15, 0.2) is 0 Å². The second-order valence-electron chi connectivity index (χ2n) is 4.93. The van der Waals surface area contributed by atoms with E-state index >= 15 is 0 Å². The minimum Gasteiger partial charge on any atom is -0.481 e. The maximum Gasteiger partial charge on any atom is 0.304 e. The molecule has 21 heavy (non-hydrogen) atoms. The Hall–Kier alpha value is -0.870. The first-order valence-corrected chi connectivity index (χ1v) is 8.81. The molecule has 0 rings (SSSR count). The van der Waals surface area contributed by atoms with Crippen molar-refractivity contribution in [1.82, 2.24) is 0 Å². The minimum atomic E-state index is -1.99. The highest BCUT2D eigenvalue weighted by Gasteiger charge is 2.30. The SMILES string of the molecule is O=C(O)CCS(CCC(=O)O)(CC(O)CO)CC(O)CO. The zero-order valence-corrected chi connectivity index (χ0v) is 12.5. The van der Waals surface area contributed by atoms with Crippen molar-refractivity contribution in [3.63, 3.8) is 0 Å². The van der Waals surface area contributed by atoms with Gasteiger partial charge in [0.1, 0.15) is 0 Å². The summed E-state index contributed by atoms with van der Waals surface area (Å²) in [4.78, 5) is 21.5. The van der Waals surface area contributed by atoms with Crippen LogP contribution in [0.15, 0.2) is 0 Å². The first-order valence-electron chi connectivity index (χ1n) is 6.50. The molecule has 0 heterocycles. The number of carbonyl (C=O) groups is 2. The Labute approximate surface area is 124 Å². The smallest absolute Gasteiger partial charge is 0.304 e. The minimum absolute atomic E-state index is 0.0428. The van der Waals surface area contributed by atoms with Crippen molar-refractivity contribution in [3.8, 4) is 0 Å². The standard InChI is InChI=1S/C12H24O8S/c13-5-9(15)7-21(3-1-11(17)18,4-2-12(19)20)8-10(16)6-14/h9-10,13-16H,1-8H2,(H,17,18)(H,19,20). The van der Waals surface area contributed by atoms with Crippen molar-refractivity contribution in [2.24, 2.45) is 0 Å². The number of aliphatic carboxylic acids is 2. The molecule has 2 unspecified atom stereocenters. The Morgan fingerprint density at radius 1 is 0.810 bits per heavy atom. The maximum absolute atomic E-state index is 10.8. The molecule has 9 heteroatoms. The molecule has 0 aliphatic carbocycles. The lowest BCUT2D eigenvalue weighted by Crippen LogP contribution is -2.34. The van der Waals surface area contributed by atoms with Gasteiger partial charge in [0.25, 0.3) is 0 Å². The van der Waals surface area contributed by atoms with E-state index < -0.39 is 47.4 Å². The van der Waals surface area contributed by atoms with Gasteiger partial charge in [-0.3, -0.25) is 9.59 Å². The molecule has 0 aromatic heterocycles. The Bertz CT molecular complexity index is 303. The van der Waals surface area contributed by atoms with E-state index in [1.54, 1.807) is 0 Å². The fraction of sp³-hybridized carbons (Fsp3) is 0.833. The lowest BCUT2D eigenvalue weighted by atomic mass is 10.4. The van der Waals surface area contributed by atoms with Crippen molar-refractivity contribution in [1.29, 1.82) is 0 Å². The zero-order chi connectivity index (χ0) is 16.5. The van der Waals surface area contributed by atoms with Gasteiger partial charge in [-0.25, -0.2) is 10.0 Å². The summed E-state index contributed by atoms with van der Waals surface area (Å²) in [5, 5.41) is 54.8. The lowest BCUT2D eigenvalue weighted by Gasteiger charge is -2.42. The molecular formula is C12H24O8S. The van der Waals surface area contributed by atoms with Crippen molar-refractivity contribution < 1.29 is 40.2 Å². The normalized spacial score (nSPS) is 15.4. The third-order valence-corrected chi connectivity index (χ3v) is 7.34. The lowest BCUT2D eigenvalue weighted by molar-refractivity contribution is -0.137. The summed E-state index contributed by atoms with van der Waals surface area (Å²) in [5.74, 6) is -1.77. The third kappa shape index (κ3) is 8.89. The van der Waals surface area contributed by atoms with Gasteiger partial charge in [0.05, 0.1) is 38.3 Å². The van der Waals surface area contributed by atoms with Crippen LogP contribution in [0, 0.1) is 0 Å². The molecule has 126 valence electrons. The maximum atomic E-state index is 10.8. The van der Waals surface area contributed by atoms with Crippen LogP contribution in [0.5, 0.6) is 0 Å². The van der Waals surface area contributed by atoms with Gasteiger partial charge in [0.2, 0.25) is 0 Å². The molecular weight excluding hydrogens is 304 g/mol. The first kappa shape index (κ1) is 20.1. The first-order chi connectivity index (χ1) is 9.74. The van der Waals surface area contributed by atoms with Gasteiger partial charge in [-0.15, -0.1) is 0 Å². The summed E-state index contributed by atoms with van der Waals surface area (Å²) >= 11 is 0. The van der Waals surface area contributed by atoms with Gasteiger partial charge in [-0.1, -0.05) is 0 Å². The van der Waals surface area contributed by atoms with Crippen LogP contribution in [-0.2, 0) is 9.59 Å². The number of hydrogen-bond donors (Lipinski definition) is 6. The molecule has 0 saturated heterocycles. The van der Waals surface area contributed by atoms with E-state index in [0.29, 0.717) is 0 Å². The summed E-state index contributed by atoms with van der Waals surface area (Å²) in [7, 11) is -1.99. The van der Waals surface area contributed by atoms with Crippen LogP contribution >= 0.6 is 10.0 Å². The number of aliphatic hydroxyl groups is 4. The van der Waals surface area contributed by atoms with E-state index in [0.717, 1.165) is 0 Å². The van der Waals surface area contributed by atoms with Crippen LogP contribution < -0.4 is 0 Å². The fourth-order valence-corrected chi connectivity index (χ4v) is 6.10. The Morgan fingerprint density at radius 3 is 1.38 bits per heavy atom. The van der Waals surface area contributed by atoms with Crippen LogP contribution in [-0.4, -0.2) is 91.0 Å². The molecule has 6 N–H and O–H groups in total. The molecule has 8 nitrogen and oxygen atoms in total. The van der Waals surface area contributed by atoms with E-state index in [2.05, 4.69) is 0 Å². The van der Waals surface area contributed by atoms with Crippen LogP contribution in [0.25, 0.3) is 0 Å². The van der Waals surface area contributed by atoms with Gasteiger partial charge in [0, 0.05) is 11.5 Å². The van der Waals surface area contributed by atoms with Crippen molar-refractivity contribution in [2.45, 2.75) is 25.0 Å². The van der Waals surface area contributed by atoms with E-state index in [9.17, 15) is 19.8 Å². The molecule has 0 aromatic rings. The average Bonchev–Trinajstić information content (AvgIpc) is 2.42. The highest BCUT2D eigenvalue weighted by atomic mass is 32.3. The number of carboxylic acid groups (broad SMARTS) is 2. The molecule has 0 aromatic carbocycles. The summed E-state index contributed by atoms with van der Waals surface area (Å²) < 4.78 is 0. The Morgan fingerprint density at radius 2 is 1.14 bits per heavy atom. The second-order valence-corrected chi connectivity index (χ2v) is 8.86. The highest BCUT2D eigenvalue weighted by molar-refractivity contribution is 8.33. The van der Waals surface area contributed by atoms with Gasteiger partial charge in [-0.05, 0) is 11.5 Å². The largest absolute Gasteiger partial charge is 0.481 e. The fourth-order valence-electron chi connectivity index (χ4n) is 2.03. The zero-order valence-electron chi connectivity index (χ0n) is 11.7. The quantitative estimate of drug-likeness (QED) is 0.251. The summed E-state index contributed by atoms with van der Waals surface area (Å²) in [6, 6.07) is 0. The topological polar surface area (TPSA) is 156 Å². The third-order valence-electron chi connectivity index (χ3n) is 3.01. The molecule has 0 aliphatic rings. The Kier molecular flexibility index (Phi) is 9.54. The molecule has 0 amide bonds. The van der Waals surface area contributed by atoms with E-state index in [-0.39, 0.29) is 35.9 Å². The van der Waals surface area contributed by atoms with Gasteiger partial charge in [-0.2, -0.15) is 0 Å². The van der Waals surface area contributed by atoms with Crippen LogP contribution in [0.2, 0.25) is 0 Å². The number of hydrogen-bond acceptors (Lipinski definition) is 6. The monoisotopic (exact) mass is 328 g/mol. The van der Waals surface area contributed by atoms with E-state index in [1.807, 2.05) is 0 Å². The molecule has 0 bridgehead atoms. The average molecular weight is 328 g/mol. The van der Waals surface area contributed by atoms with Crippen molar-refractivity contribution >= 4 is 22.0 Å². The van der Waals surface area contributed by atoms with Gasteiger partial charge < -0.3 is 30.6 Å². The molecule has 0 aliphatic heterocycles. The number of aliphatic hydroxyl groups excluding tert-OH is 4. The van der Waals surface area contributed by atoms with E-state index in [4.69, 9.17) is 20.4 Å². The Balaban J connectivity index is 5.12. The molecule has 0 spiro atoms. The molecule has 0 fully saturated rings. The number of rotatable bonds is 12. The molecule has 2 atom stereocenters. The van der Waals surface area contributed by atoms with Crippen molar-refractivity contribution in [2.75, 3.05) is 36.2 Å². The highest BCUT2D eigenvalue weighted by Crippen LogP contribution is 2.50. The predicted molar refractivity (Wildman–Crippen MR) is 77.7 cm³/mol. The molecule has 0 radical (unpaired) electrons. The van der Waals surface area contributed by atoms with E-state index in [1.165, 1.54) is 0 Å². The van der Waals surface area contributed by atoms with Crippen LogP contribution in [0.4, 0.5) is 0 Å². The summed E-state index contributed by atoms with van der Waals surface area (Å²) in [6.07, 6.45) is -2.64.